The van der Waals surface area contributed by atoms with E-state index in [0.29, 0.717) is 45.1 Å². The molecule has 134 valence electrons. The summed E-state index contributed by atoms with van der Waals surface area (Å²) >= 11 is 0. The molecule has 0 radical (unpaired) electrons. The van der Waals surface area contributed by atoms with E-state index in [1.165, 1.54) is 0 Å². The van der Waals surface area contributed by atoms with Crippen molar-refractivity contribution < 1.29 is 9.59 Å². The molecule has 2 saturated heterocycles. The number of hydrogen-bond donors (Lipinski definition) is 0. The lowest BCUT2D eigenvalue weighted by Crippen LogP contribution is -2.51. The lowest BCUT2D eigenvalue weighted by molar-refractivity contribution is -0.140. The average molecular weight is 351 g/mol. The SMILES string of the molecule is O=C([C@H]1CCN(c2ccccc2)C1=O)N1CCN(c2ncccn2)CC1. The number of benzene rings is 1. The van der Waals surface area contributed by atoms with Crippen molar-refractivity contribution in [2.75, 3.05) is 42.5 Å². The highest BCUT2D eigenvalue weighted by atomic mass is 16.2. The Balaban J connectivity index is 1.38. The van der Waals surface area contributed by atoms with Crippen LogP contribution < -0.4 is 9.80 Å². The van der Waals surface area contributed by atoms with Crippen molar-refractivity contribution in [2.24, 2.45) is 5.92 Å². The number of hydrogen-bond acceptors (Lipinski definition) is 5. The first kappa shape index (κ1) is 16.5. The minimum atomic E-state index is -0.560. The molecule has 0 unspecified atom stereocenters. The fourth-order valence-electron chi connectivity index (χ4n) is 3.58. The van der Waals surface area contributed by atoms with Crippen LogP contribution in [0.5, 0.6) is 0 Å². The zero-order chi connectivity index (χ0) is 17.9. The summed E-state index contributed by atoms with van der Waals surface area (Å²) in [5.41, 5.74) is 0.860. The van der Waals surface area contributed by atoms with Crippen molar-refractivity contribution >= 4 is 23.5 Å². The minimum Gasteiger partial charge on any atom is -0.338 e. The van der Waals surface area contributed by atoms with Gasteiger partial charge >= 0.3 is 0 Å². The molecular weight excluding hydrogens is 330 g/mol. The molecule has 2 aliphatic rings. The normalized spacial score (nSPS) is 20.5. The minimum absolute atomic E-state index is 0.0536. The van der Waals surface area contributed by atoms with Crippen LogP contribution in [0.15, 0.2) is 48.8 Å². The standard InChI is InChI=1S/C19H21N5O2/c25-17(16-7-10-24(18(16)26)15-5-2-1-3-6-15)22-11-13-23(14-12-22)19-20-8-4-9-21-19/h1-6,8-9,16H,7,10-14H2/t16-/m1/s1. The molecule has 1 aromatic carbocycles. The maximum Gasteiger partial charge on any atom is 0.239 e. The third-order valence-corrected chi connectivity index (χ3v) is 5.00. The molecule has 1 atom stereocenters. The topological polar surface area (TPSA) is 69.6 Å². The van der Waals surface area contributed by atoms with Crippen molar-refractivity contribution in [3.63, 3.8) is 0 Å². The van der Waals surface area contributed by atoms with Gasteiger partial charge in [0, 0.05) is 50.8 Å². The van der Waals surface area contributed by atoms with Gasteiger partial charge in [-0.3, -0.25) is 9.59 Å². The zero-order valence-electron chi connectivity index (χ0n) is 14.5. The number of nitrogens with zero attached hydrogens (tertiary/aromatic N) is 5. The molecule has 0 N–H and O–H groups in total. The van der Waals surface area contributed by atoms with Crippen LogP contribution in [0.2, 0.25) is 0 Å². The highest BCUT2D eigenvalue weighted by Gasteiger charge is 2.40. The molecule has 3 heterocycles. The molecule has 4 rings (SSSR count). The maximum absolute atomic E-state index is 12.9. The summed E-state index contributed by atoms with van der Waals surface area (Å²) in [6.07, 6.45) is 4.01. The van der Waals surface area contributed by atoms with Gasteiger partial charge in [-0.2, -0.15) is 0 Å². The second-order valence-corrected chi connectivity index (χ2v) is 6.53. The molecule has 0 saturated carbocycles. The molecule has 0 aliphatic carbocycles. The van der Waals surface area contributed by atoms with Crippen molar-refractivity contribution in [1.29, 1.82) is 0 Å². The fourth-order valence-corrected chi connectivity index (χ4v) is 3.58. The Hall–Kier alpha value is -2.96. The summed E-state index contributed by atoms with van der Waals surface area (Å²) in [4.78, 5) is 39.7. The van der Waals surface area contributed by atoms with Gasteiger partial charge in [0.2, 0.25) is 17.8 Å². The zero-order valence-corrected chi connectivity index (χ0v) is 14.5. The summed E-state index contributed by atoms with van der Waals surface area (Å²) in [6.45, 7) is 3.13. The van der Waals surface area contributed by atoms with Crippen LogP contribution in [-0.4, -0.2) is 59.4 Å². The predicted molar refractivity (Wildman–Crippen MR) is 97.7 cm³/mol. The van der Waals surface area contributed by atoms with E-state index in [1.807, 2.05) is 30.3 Å². The monoisotopic (exact) mass is 351 g/mol. The van der Waals surface area contributed by atoms with E-state index in [2.05, 4.69) is 14.9 Å². The van der Waals surface area contributed by atoms with Crippen LogP contribution in [0.4, 0.5) is 11.6 Å². The largest absolute Gasteiger partial charge is 0.338 e. The molecular formula is C19H21N5O2. The van der Waals surface area contributed by atoms with Crippen LogP contribution in [-0.2, 0) is 9.59 Å². The lowest BCUT2D eigenvalue weighted by atomic mass is 10.1. The molecule has 7 heteroatoms. The van der Waals surface area contributed by atoms with Crippen LogP contribution in [0.1, 0.15) is 6.42 Å². The molecule has 2 amide bonds. The van der Waals surface area contributed by atoms with Gasteiger partial charge in [0.25, 0.3) is 0 Å². The first-order chi connectivity index (χ1) is 12.7. The van der Waals surface area contributed by atoms with Crippen LogP contribution in [0.25, 0.3) is 0 Å². The third-order valence-electron chi connectivity index (χ3n) is 5.00. The molecule has 2 fully saturated rings. The summed E-state index contributed by atoms with van der Waals surface area (Å²) < 4.78 is 0. The Bertz CT molecular complexity index is 775. The second kappa shape index (κ2) is 7.11. The summed E-state index contributed by atoms with van der Waals surface area (Å²) in [6, 6.07) is 11.3. The molecule has 1 aromatic heterocycles. The van der Waals surface area contributed by atoms with Crippen molar-refractivity contribution in [3.05, 3.63) is 48.8 Å². The van der Waals surface area contributed by atoms with Gasteiger partial charge in [0.1, 0.15) is 5.92 Å². The van der Waals surface area contributed by atoms with Gasteiger partial charge in [-0.1, -0.05) is 18.2 Å². The van der Waals surface area contributed by atoms with E-state index in [-0.39, 0.29) is 11.8 Å². The number of carbonyl (C=O) groups excluding carboxylic acids is 2. The van der Waals surface area contributed by atoms with Gasteiger partial charge in [-0.25, -0.2) is 9.97 Å². The first-order valence-corrected chi connectivity index (χ1v) is 8.91. The van der Waals surface area contributed by atoms with E-state index in [0.717, 1.165) is 5.69 Å². The van der Waals surface area contributed by atoms with E-state index in [1.54, 1.807) is 28.3 Å². The molecule has 0 spiro atoms. The number of para-hydroxylation sites is 1. The van der Waals surface area contributed by atoms with E-state index in [4.69, 9.17) is 0 Å². The number of rotatable bonds is 3. The quantitative estimate of drug-likeness (QED) is 0.777. The Kier molecular flexibility index (Phi) is 4.51. The number of amides is 2. The molecule has 26 heavy (non-hydrogen) atoms. The van der Waals surface area contributed by atoms with E-state index in [9.17, 15) is 9.59 Å². The van der Waals surface area contributed by atoms with Crippen molar-refractivity contribution in [2.45, 2.75) is 6.42 Å². The fraction of sp³-hybridized carbons (Fsp3) is 0.368. The molecule has 2 aliphatic heterocycles. The van der Waals surface area contributed by atoms with Crippen LogP contribution >= 0.6 is 0 Å². The number of anilines is 2. The van der Waals surface area contributed by atoms with Gasteiger partial charge in [0.05, 0.1) is 0 Å². The number of piperazine rings is 1. The summed E-state index contributed by atoms with van der Waals surface area (Å²) in [7, 11) is 0. The van der Waals surface area contributed by atoms with Crippen LogP contribution in [0, 0.1) is 5.92 Å². The summed E-state index contributed by atoms with van der Waals surface area (Å²) in [5, 5.41) is 0. The Morgan fingerprint density at radius 3 is 2.31 bits per heavy atom. The second-order valence-electron chi connectivity index (χ2n) is 6.53. The van der Waals surface area contributed by atoms with Gasteiger partial charge in [-0.15, -0.1) is 0 Å². The van der Waals surface area contributed by atoms with E-state index < -0.39 is 5.92 Å². The lowest BCUT2D eigenvalue weighted by Gasteiger charge is -2.35. The van der Waals surface area contributed by atoms with Gasteiger partial charge in [0.15, 0.2) is 0 Å². The molecule has 7 nitrogen and oxygen atoms in total. The van der Waals surface area contributed by atoms with Crippen molar-refractivity contribution in [1.82, 2.24) is 14.9 Å². The number of carbonyl (C=O) groups is 2. The van der Waals surface area contributed by atoms with E-state index >= 15 is 0 Å². The molecule has 2 aromatic rings. The number of aromatic nitrogens is 2. The van der Waals surface area contributed by atoms with Crippen molar-refractivity contribution in [3.8, 4) is 0 Å². The predicted octanol–water partition coefficient (Wildman–Crippen LogP) is 1.18. The third kappa shape index (κ3) is 3.12. The maximum atomic E-state index is 12.9. The average Bonchev–Trinajstić information content (AvgIpc) is 3.10. The Labute approximate surface area is 152 Å². The summed E-state index contributed by atoms with van der Waals surface area (Å²) in [5.74, 6) is -0.0152. The van der Waals surface area contributed by atoms with Crippen LogP contribution in [0.3, 0.4) is 0 Å². The first-order valence-electron chi connectivity index (χ1n) is 8.91. The van der Waals surface area contributed by atoms with Gasteiger partial charge < -0.3 is 14.7 Å². The highest BCUT2D eigenvalue weighted by molar-refractivity contribution is 6.09. The Morgan fingerprint density at radius 1 is 0.923 bits per heavy atom. The smallest absolute Gasteiger partial charge is 0.239 e. The Morgan fingerprint density at radius 2 is 1.62 bits per heavy atom. The highest BCUT2D eigenvalue weighted by Crippen LogP contribution is 2.26. The molecule has 0 bridgehead atoms. The van der Waals surface area contributed by atoms with Gasteiger partial charge in [-0.05, 0) is 24.6 Å².